The molecule has 1 saturated heterocycles. The van der Waals surface area contributed by atoms with Crippen molar-refractivity contribution in [2.24, 2.45) is 5.92 Å². The van der Waals surface area contributed by atoms with Crippen LogP contribution in [0.1, 0.15) is 39.0 Å². The fraction of sp³-hybridized carbons (Fsp3) is 0.818. The van der Waals surface area contributed by atoms with Gasteiger partial charge in [0.1, 0.15) is 0 Å². The molecule has 86 valence electrons. The SMILES string of the molecule is C[C@H](CC(=O)O)CC(=O)N1CCCCC1. The minimum Gasteiger partial charge on any atom is -0.481 e. The molecule has 1 aliphatic rings. The summed E-state index contributed by atoms with van der Waals surface area (Å²) >= 11 is 0. The number of piperidine rings is 1. The molecule has 1 heterocycles. The molecule has 15 heavy (non-hydrogen) atoms. The summed E-state index contributed by atoms with van der Waals surface area (Å²) in [4.78, 5) is 24.0. The summed E-state index contributed by atoms with van der Waals surface area (Å²) in [5.74, 6) is -0.769. The predicted octanol–water partition coefficient (Wildman–Crippen LogP) is 1.50. The number of carbonyl (C=O) groups excluding carboxylic acids is 1. The Bertz CT molecular complexity index is 234. The second-order valence-electron chi connectivity index (χ2n) is 4.35. The number of carboxylic acid groups (broad SMARTS) is 1. The average molecular weight is 213 g/mol. The maximum atomic E-state index is 11.7. The number of hydrogen-bond donors (Lipinski definition) is 1. The summed E-state index contributed by atoms with van der Waals surface area (Å²) in [6, 6.07) is 0. The van der Waals surface area contributed by atoms with Gasteiger partial charge in [-0.25, -0.2) is 0 Å². The fourth-order valence-electron chi connectivity index (χ4n) is 1.94. The molecule has 0 aromatic heterocycles. The first-order valence-corrected chi connectivity index (χ1v) is 5.59. The van der Waals surface area contributed by atoms with Gasteiger partial charge in [0.2, 0.25) is 5.91 Å². The Morgan fingerprint density at radius 3 is 2.33 bits per heavy atom. The molecular weight excluding hydrogens is 194 g/mol. The molecule has 4 nitrogen and oxygen atoms in total. The van der Waals surface area contributed by atoms with E-state index in [1.807, 2.05) is 11.8 Å². The average Bonchev–Trinajstić information content (AvgIpc) is 2.17. The lowest BCUT2D eigenvalue weighted by molar-refractivity contribution is -0.138. The van der Waals surface area contributed by atoms with Crippen LogP contribution in [-0.4, -0.2) is 35.0 Å². The molecule has 1 aliphatic heterocycles. The van der Waals surface area contributed by atoms with Crippen LogP contribution in [0.25, 0.3) is 0 Å². The molecule has 0 radical (unpaired) electrons. The van der Waals surface area contributed by atoms with E-state index < -0.39 is 5.97 Å². The molecule has 4 heteroatoms. The third-order valence-electron chi connectivity index (χ3n) is 2.75. The van der Waals surface area contributed by atoms with E-state index in [0.29, 0.717) is 6.42 Å². The summed E-state index contributed by atoms with van der Waals surface area (Å²) in [5.41, 5.74) is 0. The largest absolute Gasteiger partial charge is 0.481 e. The first-order chi connectivity index (χ1) is 7.09. The van der Waals surface area contributed by atoms with Crippen molar-refractivity contribution in [3.8, 4) is 0 Å². The van der Waals surface area contributed by atoms with E-state index >= 15 is 0 Å². The van der Waals surface area contributed by atoms with E-state index in [1.165, 1.54) is 6.42 Å². The maximum Gasteiger partial charge on any atom is 0.303 e. The second kappa shape index (κ2) is 5.73. The van der Waals surface area contributed by atoms with Crippen molar-refractivity contribution >= 4 is 11.9 Å². The van der Waals surface area contributed by atoms with Crippen LogP contribution in [0.4, 0.5) is 0 Å². The van der Waals surface area contributed by atoms with Crippen molar-refractivity contribution < 1.29 is 14.7 Å². The van der Waals surface area contributed by atoms with Gasteiger partial charge in [-0.05, 0) is 25.2 Å². The van der Waals surface area contributed by atoms with Gasteiger partial charge in [-0.1, -0.05) is 6.92 Å². The van der Waals surface area contributed by atoms with Crippen molar-refractivity contribution in [1.29, 1.82) is 0 Å². The maximum absolute atomic E-state index is 11.7. The minimum atomic E-state index is -0.825. The molecule has 1 atom stereocenters. The Balaban J connectivity index is 2.30. The zero-order chi connectivity index (χ0) is 11.3. The van der Waals surface area contributed by atoms with Gasteiger partial charge in [0, 0.05) is 25.9 Å². The molecule has 0 saturated carbocycles. The molecule has 0 unspecified atom stereocenters. The fourth-order valence-corrected chi connectivity index (χ4v) is 1.94. The van der Waals surface area contributed by atoms with Crippen LogP contribution < -0.4 is 0 Å². The summed E-state index contributed by atoms with van der Waals surface area (Å²) in [7, 11) is 0. The molecule has 1 N–H and O–H groups in total. The Morgan fingerprint density at radius 2 is 1.80 bits per heavy atom. The van der Waals surface area contributed by atoms with Gasteiger partial charge in [0.15, 0.2) is 0 Å². The molecule has 1 rings (SSSR count). The highest BCUT2D eigenvalue weighted by atomic mass is 16.4. The van der Waals surface area contributed by atoms with Gasteiger partial charge >= 0.3 is 5.97 Å². The first kappa shape index (κ1) is 12.0. The molecule has 0 aromatic carbocycles. The summed E-state index contributed by atoms with van der Waals surface area (Å²) in [6.07, 6.45) is 3.82. The smallest absolute Gasteiger partial charge is 0.303 e. The van der Waals surface area contributed by atoms with Crippen LogP contribution >= 0.6 is 0 Å². The number of amides is 1. The highest BCUT2D eigenvalue weighted by Crippen LogP contribution is 2.14. The van der Waals surface area contributed by atoms with Crippen molar-refractivity contribution in [2.75, 3.05) is 13.1 Å². The molecular formula is C11H19NO3. The van der Waals surface area contributed by atoms with E-state index in [9.17, 15) is 9.59 Å². The lowest BCUT2D eigenvalue weighted by Gasteiger charge is -2.27. The van der Waals surface area contributed by atoms with Crippen molar-refractivity contribution in [2.45, 2.75) is 39.0 Å². The molecule has 1 fully saturated rings. The van der Waals surface area contributed by atoms with Crippen LogP contribution in [0.5, 0.6) is 0 Å². The van der Waals surface area contributed by atoms with E-state index in [-0.39, 0.29) is 18.2 Å². The van der Waals surface area contributed by atoms with Crippen molar-refractivity contribution in [3.63, 3.8) is 0 Å². The number of likely N-dealkylation sites (tertiary alicyclic amines) is 1. The lowest BCUT2D eigenvalue weighted by atomic mass is 10.0. The Labute approximate surface area is 90.3 Å². The number of rotatable bonds is 4. The van der Waals surface area contributed by atoms with Crippen molar-refractivity contribution in [3.05, 3.63) is 0 Å². The normalized spacial score (nSPS) is 18.6. The van der Waals surface area contributed by atoms with Gasteiger partial charge in [-0.15, -0.1) is 0 Å². The zero-order valence-corrected chi connectivity index (χ0v) is 9.24. The van der Waals surface area contributed by atoms with Crippen LogP contribution in [0, 0.1) is 5.92 Å². The van der Waals surface area contributed by atoms with E-state index in [4.69, 9.17) is 5.11 Å². The highest BCUT2D eigenvalue weighted by Gasteiger charge is 2.19. The van der Waals surface area contributed by atoms with Gasteiger partial charge in [0.05, 0.1) is 0 Å². The molecule has 0 aromatic rings. The first-order valence-electron chi connectivity index (χ1n) is 5.59. The van der Waals surface area contributed by atoms with Crippen LogP contribution in [0.15, 0.2) is 0 Å². The summed E-state index contributed by atoms with van der Waals surface area (Å²) in [6.45, 7) is 3.51. The minimum absolute atomic E-state index is 0.0584. The van der Waals surface area contributed by atoms with E-state index in [1.54, 1.807) is 0 Å². The van der Waals surface area contributed by atoms with Gasteiger partial charge in [-0.3, -0.25) is 9.59 Å². The molecule has 1 amide bonds. The zero-order valence-electron chi connectivity index (χ0n) is 9.24. The second-order valence-corrected chi connectivity index (χ2v) is 4.35. The standard InChI is InChI=1S/C11H19NO3/c1-9(8-11(14)15)7-10(13)12-5-3-2-4-6-12/h9H,2-8H2,1H3,(H,14,15)/t9-/m0/s1. The predicted molar refractivity (Wildman–Crippen MR) is 56.5 cm³/mol. The van der Waals surface area contributed by atoms with E-state index in [2.05, 4.69) is 0 Å². The van der Waals surface area contributed by atoms with Gasteiger partial charge in [-0.2, -0.15) is 0 Å². The Kier molecular flexibility index (Phi) is 4.59. The summed E-state index contributed by atoms with van der Waals surface area (Å²) < 4.78 is 0. The van der Waals surface area contributed by atoms with Crippen LogP contribution in [0.3, 0.4) is 0 Å². The summed E-state index contributed by atoms with van der Waals surface area (Å²) in [5, 5.41) is 8.58. The number of hydrogen-bond acceptors (Lipinski definition) is 2. The van der Waals surface area contributed by atoms with Gasteiger partial charge in [0.25, 0.3) is 0 Å². The van der Waals surface area contributed by atoms with E-state index in [0.717, 1.165) is 25.9 Å². The third-order valence-corrected chi connectivity index (χ3v) is 2.75. The Hall–Kier alpha value is -1.06. The number of aliphatic carboxylic acids is 1. The van der Waals surface area contributed by atoms with Gasteiger partial charge < -0.3 is 10.0 Å². The molecule has 0 aliphatic carbocycles. The number of carbonyl (C=O) groups is 2. The van der Waals surface area contributed by atoms with Crippen LogP contribution in [-0.2, 0) is 9.59 Å². The molecule has 0 bridgehead atoms. The van der Waals surface area contributed by atoms with Crippen molar-refractivity contribution in [1.82, 2.24) is 4.90 Å². The topological polar surface area (TPSA) is 57.6 Å². The number of carboxylic acids is 1. The lowest BCUT2D eigenvalue weighted by Crippen LogP contribution is -2.36. The van der Waals surface area contributed by atoms with Crippen LogP contribution in [0.2, 0.25) is 0 Å². The highest BCUT2D eigenvalue weighted by molar-refractivity contribution is 5.77. The Morgan fingerprint density at radius 1 is 1.20 bits per heavy atom. The molecule has 0 spiro atoms. The monoisotopic (exact) mass is 213 g/mol. The third kappa shape index (κ3) is 4.32. The number of nitrogens with zero attached hydrogens (tertiary/aromatic N) is 1. The quantitative estimate of drug-likeness (QED) is 0.770.